The van der Waals surface area contributed by atoms with Crippen LogP contribution in [-0.4, -0.2) is 0 Å². The third-order valence-corrected chi connectivity index (χ3v) is 5.41. The second kappa shape index (κ2) is 15.4. The first-order valence-corrected chi connectivity index (χ1v) is 11.2. The number of aromatic nitrogens is 1. The lowest BCUT2D eigenvalue weighted by Gasteiger charge is -2.04. The Labute approximate surface area is 158 Å². The van der Waals surface area contributed by atoms with E-state index in [-0.39, 0.29) is 0 Å². The van der Waals surface area contributed by atoms with E-state index < -0.39 is 0 Å². The van der Waals surface area contributed by atoms with Gasteiger partial charge in [-0.15, -0.1) is 0 Å². The van der Waals surface area contributed by atoms with Gasteiger partial charge in [0.25, 0.3) is 0 Å². The van der Waals surface area contributed by atoms with E-state index in [9.17, 15) is 0 Å². The molecule has 0 amide bonds. The molecule has 0 unspecified atom stereocenters. The standard InChI is InChI=1S/C24H44N/c1-4-5-6-7-8-9-10-11-12-13-14-15-16-17-18-20-25-21-19-23(2)22-24(25)3/h19,21-22H,4-18,20H2,1-3H3/q+1. The molecule has 1 nitrogen and oxygen atoms in total. The number of hydrogen-bond donors (Lipinski definition) is 0. The quantitative estimate of drug-likeness (QED) is 0.216. The van der Waals surface area contributed by atoms with E-state index in [2.05, 4.69) is 43.7 Å². The zero-order valence-electron chi connectivity index (χ0n) is 17.5. The largest absolute Gasteiger partial charge is 0.203 e. The van der Waals surface area contributed by atoms with Gasteiger partial charge in [-0.05, 0) is 18.9 Å². The summed E-state index contributed by atoms with van der Waals surface area (Å²) in [5, 5.41) is 0. The Morgan fingerprint density at radius 2 is 1.08 bits per heavy atom. The topological polar surface area (TPSA) is 3.88 Å². The Hall–Kier alpha value is -0.850. The molecule has 1 aromatic heterocycles. The monoisotopic (exact) mass is 346 g/mol. The summed E-state index contributed by atoms with van der Waals surface area (Å²) in [7, 11) is 0. The highest BCUT2D eigenvalue weighted by molar-refractivity contribution is 5.08. The minimum atomic E-state index is 1.18. The first-order chi connectivity index (χ1) is 12.2. The molecule has 0 N–H and O–H groups in total. The average Bonchev–Trinajstić information content (AvgIpc) is 2.60. The van der Waals surface area contributed by atoms with Gasteiger partial charge in [0, 0.05) is 25.5 Å². The van der Waals surface area contributed by atoms with Crippen LogP contribution in [0.2, 0.25) is 0 Å². The van der Waals surface area contributed by atoms with Crippen molar-refractivity contribution in [2.24, 2.45) is 0 Å². The summed E-state index contributed by atoms with van der Waals surface area (Å²) in [6.07, 6.45) is 23.8. The molecule has 0 fully saturated rings. The lowest BCUT2D eigenvalue weighted by Crippen LogP contribution is -2.36. The van der Waals surface area contributed by atoms with Gasteiger partial charge in [-0.2, -0.15) is 0 Å². The second-order valence-corrected chi connectivity index (χ2v) is 7.99. The molecule has 0 bridgehead atoms. The average molecular weight is 347 g/mol. The predicted octanol–water partition coefficient (Wildman–Crippen LogP) is 7.46. The Morgan fingerprint density at radius 3 is 1.52 bits per heavy atom. The number of rotatable bonds is 16. The molecule has 25 heavy (non-hydrogen) atoms. The van der Waals surface area contributed by atoms with Gasteiger partial charge >= 0.3 is 0 Å². The number of pyridine rings is 1. The number of hydrogen-bond acceptors (Lipinski definition) is 0. The van der Waals surface area contributed by atoms with Crippen LogP contribution in [0, 0.1) is 13.8 Å². The summed E-state index contributed by atoms with van der Waals surface area (Å²) >= 11 is 0. The molecular weight excluding hydrogens is 302 g/mol. The maximum atomic E-state index is 2.40. The molecule has 0 aliphatic heterocycles. The van der Waals surface area contributed by atoms with Gasteiger partial charge in [0.1, 0.15) is 6.54 Å². The lowest BCUT2D eigenvalue weighted by molar-refractivity contribution is -0.703. The third kappa shape index (κ3) is 12.2. The van der Waals surface area contributed by atoms with Crippen molar-refractivity contribution in [3.8, 4) is 0 Å². The van der Waals surface area contributed by atoms with Gasteiger partial charge in [-0.25, -0.2) is 4.57 Å². The second-order valence-electron chi connectivity index (χ2n) is 7.99. The molecule has 1 aromatic rings. The maximum absolute atomic E-state index is 2.40. The molecule has 0 aliphatic carbocycles. The molecule has 144 valence electrons. The van der Waals surface area contributed by atoms with E-state index in [0.29, 0.717) is 0 Å². The SMILES string of the molecule is CCCCCCCCCCCCCCCCC[n+]1ccc(C)cc1C. The van der Waals surface area contributed by atoms with Crippen LogP contribution in [0.1, 0.15) is 114 Å². The van der Waals surface area contributed by atoms with E-state index in [1.165, 1.54) is 114 Å². The fourth-order valence-electron chi connectivity index (χ4n) is 3.69. The van der Waals surface area contributed by atoms with Crippen LogP contribution in [0.15, 0.2) is 18.3 Å². The van der Waals surface area contributed by atoms with Crippen molar-refractivity contribution >= 4 is 0 Å². The van der Waals surface area contributed by atoms with Crippen molar-refractivity contribution in [3.63, 3.8) is 0 Å². The summed E-state index contributed by atoms with van der Waals surface area (Å²) in [4.78, 5) is 0. The van der Waals surface area contributed by atoms with Crippen molar-refractivity contribution in [1.82, 2.24) is 0 Å². The van der Waals surface area contributed by atoms with E-state index in [0.717, 1.165) is 0 Å². The van der Waals surface area contributed by atoms with Crippen LogP contribution in [-0.2, 0) is 6.54 Å². The smallest absolute Gasteiger partial charge is 0.178 e. The van der Waals surface area contributed by atoms with Gasteiger partial charge in [0.15, 0.2) is 11.9 Å². The number of aryl methyl sites for hydroxylation is 3. The molecule has 1 rings (SSSR count). The maximum Gasteiger partial charge on any atom is 0.178 e. The van der Waals surface area contributed by atoms with Crippen molar-refractivity contribution in [2.75, 3.05) is 0 Å². The molecule has 0 saturated heterocycles. The third-order valence-electron chi connectivity index (χ3n) is 5.41. The number of nitrogens with zero attached hydrogens (tertiary/aromatic N) is 1. The molecule has 0 aliphatic rings. The molecule has 0 radical (unpaired) electrons. The zero-order valence-corrected chi connectivity index (χ0v) is 17.5. The number of unbranched alkanes of at least 4 members (excludes halogenated alkanes) is 14. The highest BCUT2D eigenvalue weighted by Crippen LogP contribution is 2.13. The Morgan fingerprint density at radius 1 is 0.640 bits per heavy atom. The van der Waals surface area contributed by atoms with Crippen molar-refractivity contribution in [3.05, 3.63) is 29.6 Å². The summed E-state index contributed by atoms with van der Waals surface area (Å²) in [5.74, 6) is 0. The van der Waals surface area contributed by atoms with Crippen LogP contribution >= 0.6 is 0 Å². The lowest BCUT2D eigenvalue weighted by atomic mass is 10.0. The minimum absolute atomic E-state index is 1.18. The van der Waals surface area contributed by atoms with Crippen molar-refractivity contribution in [2.45, 2.75) is 124 Å². The van der Waals surface area contributed by atoms with Crippen molar-refractivity contribution < 1.29 is 4.57 Å². The fraction of sp³-hybridized carbons (Fsp3) is 0.792. The predicted molar refractivity (Wildman–Crippen MR) is 111 cm³/mol. The Kier molecular flexibility index (Phi) is 13.7. The van der Waals surface area contributed by atoms with E-state index in [4.69, 9.17) is 0 Å². The van der Waals surface area contributed by atoms with Crippen LogP contribution in [0.5, 0.6) is 0 Å². The molecule has 0 saturated carbocycles. The van der Waals surface area contributed by atoms with Crippen LogP contribution in [0.25, 0.3) is 0 Å². The molecule has 0 atom stereocenters. The van der Waals surface area contributed by atoms with Gasteiger partial charge in [-0.1, -0.05) is 90.4 Å². The summed E-state index contributed by atoms with van der Waals surface area (Å²) in [5.41, 5.74) is 2.76. The molecule has 0 spiro atoms. The molecule has 1 heterocycles. The minimum Gasteiger partial charge on any atom is -0.203 e. The molecule has 0 aromatic carbocycles. The normalized spacial score (nSPS) is 11.2. The summed E-state index contributed by atoms with van der Waals surface area (Å²) in [6.45, 7) is 7.87. The van der Waals surface area contributed by atoms with Gasteiger partial charge in [-0.3, -0.25) is 0 Å². The first-order valence-electron chi connectivity index (χ1n) is 11.2. The van der Waals surface area contributed by atoms with Gasteiger partial charge < -0.3 is 0 Å². The molecular formula is C24H44N+. The first kappa shape index (κ1) is 22.2. The van der Waals surface area contributed by atoms with E-state index >= 15 is 0 Å². The van der Waals surface area contributed by atoms with Crippen LogP contribution in [0.4, 0.5) is 0 Å². The van der Waals surface area contributed by atoms with E-state index in [1.807, 2.05) is 0 Å². The van der Waals surface area contributed by atoms with Gasteiger partial charge in [0.2, 0.25) is 0 Å². The van der Waals surface area contributed by atoms with Crippen LogP contribution in [0.3, 0.4) is 0 Å². The Balaban J connectivity index is 1.81. The Bertz CT molecular complexity index is 424. The van der Waals surface area contributed by atoms with Crippen molar-refractivity contribution in [1.29, 1.82) is 0 Å². The zero-order chi connectivity index (χ0) is 18.2. The van der Waals surface area contributed by atoms with E-state index in [1.54, 1.807) is 0 Å². The fourth-order valence-corrected chi connectivity index (χ4v) is 3.69. The summed E-state index contributed by atoms with van der Waals surface area (Å²) in [6, 6.07) is 4.50. The summed E-state index contributed by atoms with van der Waals surface area (Å²) < 4.78 is 2.40. The van der Waals surface area contributed by atoms with Crippen LogP contribution < -0.4 is 4.57 Å². The molecule has 1 heteroatoms. The van der Waals surface area contributed by atoms with Gasteiger partial charge in [0.05, 0.1) is 0 Å². The highest BCUT2D eigenvalue weighted by atomic mass is 14.9. The highest BCUT2D eigenvalue weighted by Gasteiger charge is 2.05.